The maximum absolute atomic E-state index is 3.84. The van der Waals surface area contributed by atoms with Crippen LogP contribution in [0.4, 0.5) is 0 Å². The molecule has 0 aliphatic heterocycles. The van der Waals surface area contributed by atoms with E-state index in [9.17, 15) is 0 Å². The minimum Gasteiger partial charge on any atom is -0.303 e. The monoisotopic (exact) mass is 318 g/mol. The summed E-state index contributed by atoms with van der Waals surface area (Å²) in [6, 6.07) is 1.40. The van der Waals surface area contributed by atoms with Gasteiger partial charge in [0.15, 0.2) is 0 Å². The Kier molecular flexibility index (Phi) is 10.2. The lowest BCUT2D eigenvalue weighted by molar-refractivity contribution is 0.383. The Bertz CT molecular complexity index is 234. The first-order chi connectivity index (χ1) is 9.35. The summed E-state index contributed by atoms with van der Waals surface area (Å²) in [5, 5.41) is 0. The van der Waals surface area contributed by atoms with Gasteiger partial charge in [0, 0.05) is 8.07 Å². The molecule has 0 aliphatic carbocycles. The molecule has 0 spiro atoms. The van der Waals surface area contributed by atoms with E-state index in [2.05, 4.69) is 67.1 Å². The first kappa shape index (κ1) is 20.3. The van der Waals surface area contributed by atoms with E-state index < -0.39 is 16.8 Å². The molecule has 0 unspecified atom stereocenters. The molecule has 0 amide bonds. The van der Waals surface area contributed by atoms with Crippen LogP contribution < -0.4 is 14.9 Å². The Hall–Kier alpha value is 0.274. The molecule has 0 saturated heterocycles. The molecule has 0 bridgehead atoms. The Labute approximate surface area is 129 Å². The molecule has 3 N–H and O–H groups in total. The topological polar surface area (TPSA) is 39.3 Å². The number of rotatable bonds is 12. The van der Waals surface area contributed by atoms with Crippen LogP contribution in [0.5, 0.6) is 0 Å². The van der Waals surface area contributed by atoms with Crippen LogP contribution in [-0.4, -0.2) is 55.1 Å². The lowest BCUT2D eigenvalue weighted by atomic mass is 10.4. The Morgan fingerprint density at radius 2 is 1.40 bits per heavy atom. The normalized spacial score (nSPS) is 13.2. The fraction of sp³-hybridized carbons (Fsp3) is 1.00. The zero-order valence-electron chi connectivity index (χ0n) is 14.9. The van der Waals surface area contributed by atoms with Crippen molar-refractivity contribution in [2.45, 2.75) is 58.8 Å². The number of nitrogens with zero attached hydrogens (tertiary/aromatic N) is 1. The summed E-state index contributed by atoms with van der Waals surface area (Å²) in [5.41, 5.74) is 0. The van der Waals surface area contributed by atoms with Crippen molar-refractivity contribution < 1.29 is 0 Å². The Morgan fingerprint density at radius 3 is 1.75 bits per heavy atom. The molecule has 0 saturated carbocycles. The summed E-state index contributed by atoms with van der Waals surface area (Å²) in [6.07, 6.45) is 3.70. The van der Waals surface area contributed by atoms with Gasteiger partial charge in [-0.15, -0.1) is 0 Å². The summed E-state index contributed by atoms with van der Waals surface area (Å²) in [4.78, 5) is 11.0. The highest BCUT2D eigenvalue weighted by molar-refractivity contribution is 6.76. The van der Waals surface area contributed by atoms with Crippen molar-refractivity contribution in [3.05, 3.63) is 0 Å². The summed E-state index contributed by atoms with van der Waals surface area (Å²) in [5.74, 6) is 0. The Morgan fingerprint density at radius 1 is 0.900 bits per heavy atom. The van der Waals surface area contributed by atoms with Crippen molar-refractivity contribution in [3.63, 3.8) is 0 Å². The highest BCUT2D eigenvalue weighted by atomic mass is 28.4. The Balaban J connectivity index is 4.55. The smallest absolute Gasteiger partial charge is 0.303 e. The molecule has 20 heavy (non-hydrogen) atoms. The van der Waals surface area contributed by atoms with E-state index in [1.165, 1.54) is 25.3 Å². The zero-order chi connectivity index (χ0) is 15.6. The number of hydrogen-bond acceptors (Lipinski definition) is 4. The molecule has 0 atom stereocenters. The predicted octanol–water partition coefficient (Wildman–Crippen LogP) is 2.30. The first-order valence-electron chi connectivity index (χ1n) is 8.23. The minimum absolute atomic E-state index is 0.911. The second-order valence-corrected chi connectivity index (χ2v) is 15.8. The highest BCUT2D eigenvalue weighted by Crippen LogP contribution is 2.10. The van der Waals surface area contributed by atoms with E-state index in [0.29, 0.717) is 0 Å². The molecule has 0 radical (unpaired) electrons. The maximum atomic E-state index is 3.84. The lowest BCUT2D eigenvalue weighted by Crippen LogP contribution is -2.80. The van der Waals surface area contributed by atoms with Crippen molar-refractivity contribution in [1.29, 1.82) is 0 Å². The fourth-order valence-corrected chi connectivity index (χ4v) is 6.96. The molecule has 0 heterocycles. The van der Waals surface area contributed by atoms with Gasteiger partial charge in [0.2, 0.25) is 0 Å². The van der Waals surface area contributed by atoms with E-state index in [1.54, 1.807) is 0 Å². The first-order valence-corrected chi connectivity index (χ1v) is 13.9. The van der Waals surface area contributed by atoms with Gasteiger partial charge >= 0.3 is 8.72 Å². The van der Waals surface area contributed by atoms with Crippen molar-refractivity contribution in [2.75, 3.05) is 33.7 Å². The molecule has 0 aromatic heterocycles. The van der Waals surface area contributed by atoms with Crippen LogP contribution in [0.1, 0.15) is 33.1 Å². The third-order valence-corrected chi connectivity index (χ3v) is 9.13. The van der Waals surface area contributed by atoms with Gasteiger partial charge in [-0.3, -0.25) is 4.57 Å². The molecule has 122 valence electrons. The summed E-state index contributed by atoms with van der Waals surface area (Å²) >= 11 is 0. The van der Waals surface area contributed by atoms with Crippen LogP contribution in [0.25, 0.3) is 0 Å². The zero-order valence-corrected chi connectivity index (χ0v) is 16.9. The van der Waals surface area contributed by atoms with E-state index >= 15 is 0 Å². The molecule has 0 rings (SSSR count). The summed E-state index contributed by atoms with van der Waals surface area (Å²) < 4.78 is 2.61. The van der Waals surface area contributed by atoms with Gasteiger partial charge in [0.05, 0.1) is 0 Å². The molecule has 0 aromatic carbocycles. The average molecular weight is 319 g/mol. The van der Waals surface area contributed by atoms with Crippen LogP contribution >= 0.6 is 0 Å². The molecule has 4 nitrogen and oxygen atoms in total. The van der Waals surface area contributed by atoms with Gasteiger partial charge in [-0.25, -0.2) is 0 Å². The van der Waals surface area contributed by atoms with Crippen LogP contribution in [0.3, 0.4) is 0 Å². The minimum atomic E-state index is -1.91. The second-order valence-electron chi connectivity index (χ2n) is 6.79. The largest absolute Gasteiger partial charge is 0.368 e. The summed E-state index contributed by atoms with van der Waals surface area (Å²) in [7, 11) is 1.36. The van der Waals surface area contributed by atoms with Gasteiger partial charge in [-0.2, -0.15) is 0 Å². The standard InChI is InChI=1S/C14H38N4Si2/c1-8-12-18(13-9-2)20(15-3,16-4)17-11-10-14-19(5,6)7/h15-17H,8-14H2,1-7H3. The van der Waals surface area contributed by atoms with Crippen molar-refractivity contribution in [1.82, 2.24) is 19.5 Å². The van der Waals surface area contributed by atoms with E-state index in [-0.39, 0.29) is 0 Å². The predicted molar refractivity (Wildman–Crippen MR) is 96.8 cm³/mol. The SMILES string of the molecule is CCCN(CCC)[Si](NC)(NC)NCCC[Si](C)(C)C. The van der Waals surface area contributed by atoms with Gasteiger partial charge < -0.3 is 14.9 Å². The van der Waals surface area contributed by atoms with Crippen molar-refractivity contribution >= 4 is 16.8 Å². The van der Waals surface area contributed by atoms with E-state index in [4.69, 9.17) is 0 Å². The molecular formula is C14H38N4Si2. The van der Waals surface area contributed by atoms with E-state index in [0.717, 1.165) is 19.6 Å². The van der Waals surface area contributed by atoms with E-state index in [1.807, 2.05) is 0 Å². The molecule has 0 fully saturated rings. The number of nitrogens with one attached hydrogen (secondary N) is 3. The lowest BCUT2D eigenvalue weighted by Gasteiger charge is -2.41. The van der Waals surface area contributed by atoms with Gasteiger partial charge in [-0.05, 0) is 53.0 Å². The van der Waals surface area contributed by atoms with Crippen LogP contribution in [0.2, 0.25) is 25.7 Å². The van der Waals surface area contributed by atoms with Gasteiger partial charge in [-0.1, -0.05) is 39.5 Å². The third-order valence-electron chi connectivity index (χ3n) is 3.67. The summed E-state index contributed by atoms with van der Waals surface area (Å²) in [6.45, 7) is 15.3. The molecular weight excluding hydrogens is 280 g/mol. The fourth-order valence-electron chi connectivity index (χ4n) is 2.60. The quantitative estimate of drug-likeness (QED) is 0.381. The van der Waals surface area contributed by atoms with Crippen molar-refractivity contribution in [3.8, 4) is 0 Å². The molecule has 0 aromatic rings. The van der Waals surface area contributed by atoms with Crippen molar-refractivity contribution in [2.24, 2.45) is 0 Å². The second kappa shape index (κ2) is 10.1. The molecule has 6 heteroatoms. The molecule has 0 aliphatic rings. The number of hydrogen-bond donors (Lipinski definition) is 3. The van der Waals surface area contributed by atoms with Crippen LogP contribution in [0.15, 0.2) is 0 Å². The maximum Gasteiger partial charge on any atom is 0.368 e. The van der Waals surface area contributed by atoms with Gasteiger partial charge in [0.1, 0.15) is 0 Å². The third kappa shape index (κ3) is 7.33. The average Bonchev–Trinajstić information content (AvgIpc) is 2.38. The van der Waals surface area contributed by atoms with Crippen LogP contribution in [-0.2, 0) is 0 Å². The van der Waals surface area contributed by atoms with Gasteiger partial charge in [0.25, 0.3) is 0 Å². The van der Waals surface area contributed by atoms with Crippen LogP contribution in [0, 0.1) is 0 Å². The highest BCUT2D eigenvalue weighted by Gasteiger charge is 2.37.